The molecule has 1 aliphatic carbocycles. The van der Waals surface area contributed by atoms with Gasteiger partial charge in [-0.05, 0) is 19.8 Å². The average molecular weight is 238 g/mol. The summed E-state index contributed by atoms with van der Waals surface area (Å²) in [4.78, 5) is 11.6. The number of hydrogen-bond donors (Lipinski definition) is 2. The van der Waals surface area contributed by atoms with Gasteiger partial charge in [-0.15, -0.1) is 0 Å². The number of aromatic nitrogens is 2. The third-order valence-corrected chi connectivity index (χ3v) is 2.96. The van der Waals surface area contributed by atoms with Crippen LogP contribution in [0.4, 0.5) is 0 Å². The molecule has 0 bridgehead atoms. The average Bonchev–Trinajstić information content (AvgIpc) is 3.01. The molecular formula is C11H18N4O2. The Kier molecular flexibility index (Phi) is 3.06. The predicted molar refractivity (Wildman–Crippen MR) is 62.6 cm³/mol. The number of amides is 1. The molecule has 0 aromatic carbocycles. The van der Waals surface area contributed by atoms with Crippen LogP contribution in [0.3, 0.4) is 0 Å². The summed E-state index contributed by atoms with van der Waals surface area (Å²) >= 11 is 0. The molecule has 1 saturated carbocycles. The number of carbonyl (C=O) groups is 1. The normalized spacial score (nSPS) is 16.9. The first kappa shape index (κ1) is 11.9. The Morgan fingerprint density at radius 1 is 1.65 bits per heavy atom. The maximum absolute atomic E-state index is 11.6. The summed E-state index contributed by atoms with van der Waals surface area (Å²) in [5, 5.41) is 7.48. The zero-order chi connectivity index (χ0) is 12.6. The molecule has 94 valence electrons. The molecule has 1 atom stereocenters. The summed E-state index contributed by atoms with van der Waals surface area (Å²) in [5.41, 5.74) is 6.96. The van der Waals surface area contributed by atoms with Gasteiger partial charge >= 0.3 is 0 Å². The van der Waals surface area contributed by atoms with Gasteiger partial charge in [0.15, 0.2) is 0 Å². The quantitative estimate of drug-likeness (QED) is 0.757. The van der Waals surface area contributed by atoms with Crippen LogP contribution in [0.1, 0.15) is 30.1 Å². The van der Waals surface area contributed by atoms with E-state index >= 15 is 0 Å². The summed E-state index contributed by atoms with van der Waals surface area (Å²) in [6.45, 7) is 1.85. The van der Waals surface area contributed by atoms with Crippen molar-refractivity contribution in [3.63, 3.8) is 0 Å². The second-order valence-electron chi connectivity index (χ2n) is 4.41. The molecule has 2 rings (SSSR count). The van der Waals surface area contributed by atoms with E-state index in [9.17, 15) is 4.79 Å². The second kappa shape index (κ2) is 4.37. The second-order valence-corrected chi connectivity index (χ2v) is 4.41. The van der Waals surface area contributed by atoms with Crippen LogP contribution in [0.25, 0.3) is 0 Å². The SMILES string of the molecule is COc1c(C(NC2CC2)C(N)=O)c(C)nn1C. The molecule has 1 fully saturated rings. The Hall–Kier alpha value is -1.56. The highest BCUT2D eigenvalue weighted by molar-refractivity contribution is 5.82. The number of hydrogen-bond acceptors (Lipinski definition) is 4. The van der Waals surface area contributed by atoms with E-state index in [-0.39, 0.29) is 0 Å². The smallest absolute Gasteiger partial charge is 0.239 e. The molecule has 0 spiro atoms. The van der Waals surface area contributed by atoms with Crippen LogP contribution in [0.2, 0.25) is 0 Å². The van der Waals surface area contributed by atoms with Gasteiger partial charge in [0.1, 0.15) is 6.04 Å². The molecule has 6 nitrogen and oxygen atoms in total. The van der Waals surface area contributed by atoms with E-state index in [0.29, 0.717) is 11.9 Å². The number of nitrogens with two attached hydrogens (primary N) is 1. The lowest BCUT2D eigenvalue weighted by Crippen LogP contribution is -2.35. The highest BCUT2D eigenvalue weighted by Gasteiger charge is 2.32. The first-order valence-corrected chi connectivity index (χ1v) is 5.67. The predicted octanol–water partition coefficient (Wildman–Crippen LogP) is 0.0155. The monoisotopic (exact) mass is 238 g/mol. The number of rotatable bonds is 5. The molecule has 17 heavy (non-hydrogen) atoms. The topological polar surface area (TPSA) is 82.2 Å². The summed E-state index contributed by atoms with van der Waals surface area (Å²) in [5.74, 6) is 0.186. The van der Waals surface area contributed by atoms with Gasteiger partial charge in [-0.25, -0.2) is 4.68 Å². The molecule has 3 N–H and O–H groups in total. The molecule has 0 radical (unpaired) electrons. The van der Waals surface area contributed by atoms with Crippen LogP contribution in [0.15, 0.2) is 0 Å². The third-order valence-electron chi connectivity index (χ3n) is 2.96. The van der Waals surface area contributed by atoms with E-state index in [4.69, 9.17) is 10.5 Å². The standard InChI is InChI=1S/C11H18N4O2/c1-6-8(11(17-3)15(2)14-6)9(10(12)16)13-7-4-5-7/h7,9,13H,4-5H2,1-3H3,(H2,12,16). The number of primary amides is 1. The minimum absolute atomic E-state index is 0.386. The van der Waals surface area contributed by atoms with Gasteiger partial charge in [-0.2, -0.15) is 5.10 Å². The zero-order valence-electron chi connectivity index (χ0n) is 10.4. The Bertz CT molecular complexity index is 437. The Balaban J connectivity index is 2.36. The lowest BCUT2D eigenvalue weighted by molar-refractivity contribution is -0.120. The van der Waals surface area contributed by atoms with Crippen molar-refractivity contribution in [1.29, 1.82) is 0 Å². The molecular weight excluding hydrogens is 220 g/mol. The van der Waals surface area contributed by atoms with Gasteiger partial charge in [0.2, 0.25) is 11.8 Å². The fraction of sp³-hybridized carbons (Fsp3) is 0.636. The molecule has 1 unspecified atom stereocenters. The van der Waals surface area contributed by atoms with E-state index in [0.717, 1.165) is 24.1 Å². The molecule has 1 heterocycles. The molecule has 1 aliphatic rings. The third kappa shape index (κ3) is 2.26. The van der Waals surface area contributed by atoms with Gasteiger partial charge in [0.25, 0.3) is 0 Å². The van der Waals surface area contributed by atoms with Crippen LogP contribution >= 0.6 is 0 Å². The number of aryl methyl sites for hydroxylation is 2. The summed E-state index contributed by atoms with van der Waals surface area (Å²) in [7, 11) is 3.35. The van der Waals surface area contributed by atoms with Crippen molar-refractivity contribution in [2.24, 2.45) is 12.8 Å². The number of ether oxygens (including phenoxy) is 1. The zero-order valence-corrected chi connectivity index (χ0v) is 10.4. The first-order valence-electron chi connectivity index (χ1n) is 5.67. The van der Waals surface area contributed by atoms with Crippen molar-refractivity contribution in [2.45, 2.75) is 31.8 Å². The summed E-state index contributed by atoms with van der Waals surface area (Å²) in [6.07, 6.45) is 2.18. The van der Waals surface area contributed by atoms with Crippen molar-refractivity contribution < 1.29 is 9.53 Å². The minimum Gasteiger partial charge on any atom is -0.481 e. The fourth-order valence-corrected chi connectivity index (χ4v) is 2.02. The molecule has 1 aromatic rings. The minimum atomic E-state index is -0.522. The number of carbonyl (C=O) groups excluding carboxylic acids is 1. The van der Waals surface area contributed by atoms with Crippen LogP contribution in [0, 0.1) is 6.92 Å². The van der Waals surface area contributed by atoms with E-state index in [1.165, 1.54) is 0 Å². The highest BCUT2D eigenvalue weighted by atomic mass is 16.5. The van der Waals surface area contributed by atoms with Crippen molar-refractivity contribution in [3.8, 4) is 5.88 Å². The number of nitrogens with one attached hydrogen (secondary N) is 1. The first-order chi connectivity index (χ1) is 8.04. The molecule has 0 aliphatic heterocycles. The van der Waals surface area contributed by atoms with Gasteiger partial charge < -0.3 is 10.5 Å². The summed E-state index contributed by atoms with van der Waals surface area (Å²) in [6, 6.07) is -0.136. The van der Waals surface area contributed by atoms with Crippen LogP contribution in [0.5, 0.6) is 5.88 Å². The largest absolute Gasteiger partial charge is 0.481 e. The van der Waals surface area contributed by atoms with Gasteiger partial charge in [0.05, 0.1) is 18.4 Å². The van der Waals surface area contributed by atoms with Crippen molar-refractivity contribution >= 4 is 5.91 Å². The van der Waals surface area contributed by atoms with E-state index in [1.807, 2.05) is 6.92 Å². The van der Waals surface area contributed by atoms with E-state index < -0.39 is 11.9 Å². The van der Waals surface area contributed by atoms with Crippen LogP contribution in [-0.4, -0.2) is 28.8 Å². The fourth-order valence-electron chi connectivity index (χ4n) is 2.02. The number of methoxy groups -OCH3 is 1. The van der Waals surface area contributed by atoms with Crippen LogP contribution < -0.4 is 15.8 Å². The van der Waals surface area contributed by atoms with Crippen molar-refractivity contribution in [3.05, 3.63) is 11.3 Å². The van der Waals surface area contributed by atoms with Gasteiger partial charge in [-0.3, -0.25) is 10.1 Å². The molecule has 0 saturated heterocycles. The Morgan fingerprint density at radius 2 is 2.29 bits per heavy atom. The summed E-state index contributed by atoms with van der Waals surface area (Å²) < 4.78 is 6.90. The lowest BCUT2D eigenvalue weighted by atomic mass is 10.1. The van der Waals surface area contributed by atoms with Crippen LogP contribution in [-0.2, 0) is 11.8 Å². The van der Waals surface area contributed by atoms with Gasteiger partial charge in [-0.1, -0.05) is 0 Å². The molecule has 6 heteroatoms. The van der Waals surface area contributed by atoms with Crippen molar-refractivity contribution in [2.75, 3.05) is 7.11 Å². The van der Waals surface area contributed by atoms with Gasteiger partial charge in [0, 0.05) is 13.1 Å². The Labute approximate surface area is 100 Å². The van der Waals surface area contributed by atoms with Crippen molar-refractivity contribution in [1.82, 2.24) is 15.1 Å². The molecule has 1 amide bonds. The Morgan fingerprint density at radius 3 is 2.76 bits per heavy atom. The maximum Gasteiger partial charge on any atom is 0.239 e. The maximum atomic E-state index is 11.6. The number of nitrogens with zero attached hydrogens (tertiary/aromatic N) is 2. The lowest BCUT2D eigenvalue weighted by Gasteiger charge is -2.16. The molecule has 1 aromatic heterocycles. The highest BCUT2D eigenvalue weighted by Crippen LogP contribution is 2.31. The van der Waals surface area contributed by atoms with E-state index in [1.54, 1.807) is 18.8 Å². The van der Waals surface area contributed by atoms with E-state index in [2.05, 4.69) is 10.4 Å².